The van der Waals surface area contributed by atoms with Gasteiger partial charge in [0.1, 0.15) is 0 Å². The largest absolute Gasteiger partial charge is 0.341 e. The quantitative estimate of drug-likeness (QED) is 0.851. The summed E-state index contributed by atoms with van der Waals surface area (Å²) in [4.78, 5) is 4.56. The van der Waals surface area contributed by atoms with Crippen LogP contribution < -0.4 is 5.32 Å². The van der Waals surface area contributed by atoms with Crippen LogP contribution in [0.5, 0.6) is 0 Å². The molecular weight excluding hydrogens is 340 g/mol. The molecule has 1 N–H and O–H groups in total. The molecule has 1 aliphatic heterocycles. The lowest BCUT2D eigenvalue weighted by Gasteiger charge is -2.31. The van der Waals surface area contributed by atoms with Gasteiger partial charge in [-0.3, -0.25) is 4.98 Å². The first-order chi connectivity index (χ1) is 10.7. The minimum atomic E-state index is 0.412. The number of nitrogens with one attached hydrogen (secondary N) is 1. The van der Waals surface area contributed by atoms with Crippen LogP contribution >= 0.6 is 15.9 Å². The molecule has 2 aromatic rings. The lowest BCUT2D eigenvalue weighted by atomic mass is 9.94. The Morgan fingerprint density at radius 1 is 1.50 bits per heavy atom. The number of rotatable bonds is 1. The molecule has 1 saturated heterocycles. The average Bonchev–Trinajstić information content (AvgIpc) is 3.09. The number of hydrogen-bond acceptors (Lipinski definition) is 3. The van der Waals surface area contributed by atoms with E-state index in [1.165, 1.54) is 6.42 Å². The Bertz CT molecular complexity index is 827. The number of nitriles is 1. The number of pyridine rings is 1. The topological polar surface area (TPSA) is 53.6 Å². The van der Waals surface area contributed by atoms with Crippen molar-refractivity contribution in [3.05, 3.63) is 34.2 Å². The highest BCUT2D eigenvalue weighted by Gasteiger charge is 2.28. The molecule has 2 aliphatic rings. The Kier molecular flexibility index (Phi) is 3.32. The molecule has 2 aromatic heterocycles. The van der Waals surface area contributed by atoms with Gasteiger partial charge in [0.15, 0.2) is 0 Å². The van der Waals surface area contributed by atoms with Crippen molar-refractivity contribution in [1.82, 2.24) is 14.9 Å². The Morgan fingerprint density at radius 2 is 2.36 bits per heavy atom. The normalized spacial score (nSPS) is 24.1. The van der Waals surface area contributed by atoms with E-state index in [1.807, 2.05) is 12.3 Å². The van der Waals surface area contributed by atoms with Gasteiger partial charge in [-0.05, 0) is 34.8 Å². The molecule has 4 rings (SSSR count). The second-order valence-electron chi connectivity index (χ2n) is 6.20. The number of hydrogen-bond donors (Lipinski definition) is 1. The van der Waals surface area contributed by atoms with E-state index in [0.717, 1.165) is 51.7 Å². The molecule has 0 aromatic carbocycles. The zero-order valence-electron chi connectivity index (χ0n) is 12.4. The monoisotopic (exact) mass is 356 g/mol. The fourth-order valence-corrected chi connectivity index (χ4v) is 4.20. The van der Waals surface area contributed by atoms with Gasteiger partial charge in [0, 0.05) is 46.8 Å². The third-order valence-electron chi connectivity index (χ3n) is 4.93. The van der Waals surface area contributed by atoms with Gasteiger partial charge in [-0.1, -0.05) is 13.0 Å². The average molecular weight is 357 g/mol. The first-order valence-electron chi connectivity index (χ1n) is 7.70. The maximum absolute atomic E-state index is 9.45. The van der Waals surface area contributed by atoms with Gasteiger partial charge < -0.3 is 9.88 Å². The summed E-state index contributed by atoms with van der Waals surface area (Å²) in [5.74, 6) is 0.614. The van der Waals surface area contributed by atoms with Crippen LogP contribution in [0.15, 0.2) is 22.9 Å². The van der Waals surface area contributed by atoms with Crippen LogP contribution in [0.2, 0.25) is 0 Å². The Morgan fingerprint density at radius 3 is 3.14 bits per heavy atom. The highest BCUT2D eigenvalue weighted by molar-refractivity contribution is 9.10. The van der Waals surface area contributed by atoms with Crippen molar-refractivity contribution in [2.24, 2.45) is 5.92 Å². The van der Waals surface area contributed by atoms with E-state index in [9.17, 15) is 5.26 Å². The maximum Gasteiger partial charge on any atom is 0.0996 e. The minimum Gasteiger partial charge on any atom is -0.341 e. The molecule has 112 valence electrons. The second kappa shape index (κ2) is 5.22. The highest BCUT2D eigenvalue weighted by Crippen LogP contribution is 2.39. The molecular formula is C17H17BrN4. The number of piperidine rings is 1. The summed E-state index contributed by atoms with van der Waals surface area (Å²) in [7, 11) is 0. The van der Waals surface area contributed by atoms with Crippen molar-refractivity contribution in [3.8, 4) is 6.07 Å². The molecule has 4 nitrogen and oxygen atoms in total. The van der Waals surface area contributed by atoms with Crippen LogP contribution in [0.25, 0.3) is 16.5 Å². The summed E-state index contributed by atoms with van der Waals surface area (Å²) in [5.41, 5.74) is 3.97. The first kappa shape index (κ1) is 14.0. The number of allylic oxidation sites excluding steroid dienone is 2. The molecule has 0 saturated carbocycles. The van der Waals surface area contributed by atoms with Gasteiger partial charge >= 0.3 is 0 Å². The molecule has 0 spiro atoms. The van der Waals surface area contributed by atoms with Crippen LogP contribution in [0.1, 0.15) is 30.6 Å². The van der Waals surface area contributed by atoms with E-state index in [-0.39, 0.29) is 0 Å². The molecule has 2 atom stereocenters. The van der Waals surface area contributed by atoms with E-state index in [1.54, 1.807) is 0 Å². The van der Waals surface area contributed by atoms with Gasteiger partial charge in [-0.25, -0.2) is 0 Å². The second-order valence-corrected chi connectivity index (χ2v) is 7.05. The number of fused-ring (bicyclic) bond motifs is 3. The summed E-state index contributed by atoms with van der Waals surface area (Å²) in [6, 6.07) is 2.75. The minimum absolute atomic E-state index is 0.412. The van der Waals surface area contributed by atoms with Gasteiger partial charge in [0.2, 0.25) is 0 Å². The lowest BCUT2D eigenvalue weighted by Crippen LogP contribution is -2.36. The first-order valence-corrected chi connectivity index (χ1v) is 8.49. The highest BCUT2D eigenvalue weighted by atomic mass is 79.9. The number of aromatic nitrogens is 2. The fourth-order valence-electron chi connectivity index (χ4n) is 3.69. The molecule has 5 heteroatoms. The number of nitrogens with zero attached hydrogens (tertiary/aromatic N) is 3. The van der Waals surface area contributed by atoms with E-state index in [0.29, 0.717) is 12.0 Å². The molecule has 0 unspecified atom stereocenters. The number of halogens is 1. The van der Waals surface area contributed by atoms with Crippen LogP contribution in [0, 0.1) is 17.2 Å². The SMILES string of the molecule is C[C@@H]1CCNC[C@@H]1n1cc(Br)c2cnc3c(c21)C(C#N)=CC3. The molecule has 1 aliphatic carbocycles. The summed E-state index contributed by atoms with van der Waals surface area (Å²) in [6.07, 6.45) is 8.02. The van der Waals surface area contributed by atoms with Crippen molar-refractivity contribution in [1.29, 1.82) is 5.26 Å². The zero-order valence-corrected chi connectivity index (χ0v) is 14.0. The zero-order chi connectivity index (χ0) is 15.3. The Hall–Kier alpha value is -1.64. The van der Waals surface area contributed by atoms with Crippen LogP contribution in [0.4, 0.5) is 0 Å². The fraction of sp³-hybridized carbons (Fsp3) is 0.412. The van der Waals surface area contributed by atoms with Crippen molar-refractivity contribution in [3.63, 3.8) is 0 Å². The lowest BCUT2D eigenvalue weighted by molar-refractivity contribution is 0.280. The van der Waals surface area contributed by atoms with Crippen molar-refractivity contribution >= 4 is 32.4 Å². The van der Waals surface area contributed by atoms with Crippen LogP contribution in [0.3, 0.4) is 0 Å². The van der Waals surface area contributed by atoms with Gasteiger partial charge in [-0.2, -0.15) is 5.26 Å². The van der Waals surface area contributed by atoms with Gasteiger partial charge in [0.25, 0.3) is 0 Å². The van der Waals surface area contributed by atoms with Crippen LogP contribution in [-0.2, 0) is 6.42 Å². The standard InChI is InChI=1S/C17H17BrN4/c1-10-4-5-20-8-15(10)22-9-13(18)12-7-21-14-3-2-11(6-19)16(14)17(12)22/h2,7,9-10,15,20H,3-5,8H2,1H3/t10-,15+/m1/s1. The maximum atomic E-state index is 9.45. The van der Waals surface area contributed by atoms with Gasteiger partial charge in [-0.15, -0.1) is 0 Å². The van der Waals surface area contributed by atoms with E-state index >= 15 is 0 Å². The predicted molar refractivity (Wildman–Crippen MR) is 90.4 cm³/mol. The van der Waals surface area contributed by atoms with Crippen molar-refractivity contribution in [2.75, 3.05) is 13.1 Å². The molecule has 22 heavy (non-hydrogen) atoms. The summed E-state index contributed by atoms with van der Waals surface area (Å²) in [5, 5.41) is 14.0. The predicted octanol–water partition coefficient (Wildman–Crippen LogP) is 3.43. The molecule has 3 heterocycles. The smallest absolute Gasteiger partial charge is 0.0996 e. The molecule has 0 radical (unpaired) electrons. The Balaban J connectivity index is 1.99. The van der Waals surface area contributed by atoms with E-state index in [2.05, 4.69) is 50.0 Å². The molecule has 0 amide bonds. The summed E-state index contributed by atoms with van der Waals surface area (Å²) >= 11 is 3.67. The van der Waals surface area contributed by atoms with E-state index in [4.69, 9.17) is 0 Å². The van der Waals surface area contributed by atoms with E-state index < -0.39 is 0 Å². The summed E-state index contributed by atoms with van der Waals surface area (Å²) in [6.45, 7) is 4.37. The third kappa shape index (κ3) is 1.94. The van der Waals surface area contributed by atoms with Crippen molar-refractivity contribution in [2.45, 2.75) is 25.8 Å². The van der Waals surface area contributed by atoms with Crippen molar-refractivity contribution < 1.29 is 0 Å². The molecule has 1 fully saturated rings. The molecule has 0 bridgehead atoms. The van der Waals surface area contributed by atoms with Crippen LogP contribution in [-0.4, -0.2) is 22.6 Å². The third-order valence-corrected chi connectivity index (χ3v) is 5.56. The summed E-state index contributed by atoms with van der Waals surface area (Å²) < 4.78 is 3.41. The Labute approximate surface area is 138 Å². The van der Waals surface area contributed by atoms with Gasteiger partial charge in [0.05, 0.1) is 22.9 Å².